The summed E-state index contributed by atoms with van der Waals surface area (Å²) in [7, 11) is 1.86. The molecular weight excluding hydrogens is 210 g/mol. The van der Waals surface area contributed by atoms with E-state index in [1.54, 1.807) is 40.7 Å². The first kappa shape index (κ1) is 10.0. The van der Waals surface area contributed by atoms with E-state index in [-0.39, 0.29) is 5.75 Å². The quantitative estimate of drug-likeness (QED) is 0.787. The number of benzene rings is 1. The van der Waals surface area contributed by atoms with Gasteiger partial charge in [0.2, 0.25) is 0 Å². The first-order valence-corrected chi connectivity index (χ1v) is 5.67. The van der Waals surface area contributed by atoms with Gasteiger partial charge >= 0.3 is 0 Å². The molecule has 0 unspecified atom stereocenters. The van der Waals surface area contributed by atoms with Crippen molar-refractivity contribution in [1.82, 2.24) is 14.8 Å². The number of hydrogen-bond acceptors (Lipinski definition) is 4. The van der Waals surface area contributed by atoms with Gasteiger partial charge in [0, 0.05) is 12.6 Å². The number of aryl methyl sites for hydroxylation is 1. The SMILES string of the molecule is CSc1nc(-c2ccc(O)cc2)nn1C. The number of hydrogen-bond donors (Lipinski definition) is 1. The van der Waals surface area contributed by atoms with Gasteiger partial charge in [0.25, 0.3) is 0 Å². The van der Waals surface area contributed by atoms with Gasteiger partial charge in [0.1, 0.15) is 5.75 Å². The summed E-state index contributed by atoms with van der Waals surface area (Å²) in [5.41, 5.74) is 0.906. The van der Waals surface area contributed by atoms with Crippen molar-refractivity contribution in [2.75, 3.05) is 6.26 Å². The zero-order chi connectivity index (χ0) is 10.8. The van der Waals surface area contributed by atoms with Crippen LogP contribution in [-0.4, -0.2) is 26.1 Å². The molecule has 0 aliphatic heterocycles. The molecule has 4 nitrogen and oxygen atoms in total. The Labute approximate surface area is 92.0 Å². The van der Waals surface area contributed by atoms with Crippen molar-refractivity contribution in [3.63, 3.8) is 0 Å². The van der Waals surface area contributed by atoms with Crippen molar-refractivity contribution in [2.45, 2.75) is 5.16 Å². The Hall–Kier alpha value is -1.49. The van der Waals surface area contributed by atoms with Gasteiger partial charge in [-0.05, 0) is 30.5 Å². The summed E-state index contributed by atoms with van der Waals surface area (Å²) in [5, 5.41) is 14.3. The van der Waals surface area contributed by atoms with Crippen LogP contribution in [0.3, 0.4) is 0 Å². The Balaban J connectivity index is 2.41. The van der Waals surface area contributed by atoms with E-state index in [9.17, 15) is 0 Å². The molecule has 0 aliphatic rings. The van der Waals surface area contributed by atoms with Gasteiger partial charge in [-0.2, -0.15) is 5.10 Å². The first-order chi connectivity index (χ1) is 7.20. The van der Waals surface area contributed by atoms with E-state index in [2.05, 4.69) is 10.1 Å². The minimum Gasteiger partial charge on any atom is -0.508 e. The lowest BCUT2D eigenvalue weighted by Crippen LogP contribution is -1.91. The minimum atomic E-state index is 0.250. The van der Waals surface area contributed by atoms with Crippen LogP contribution in [0.1, 0.15) is 0 Å². The third kappa shape index (κ3) is 1.97. The lowest BCUT2D eigenvalue weighted by molar-refractivity contribution is 0.475. The van der Waals surface area contributed by atoms with E-state index in [1.165, 1.54) is 0 Å². The number of thioether (sulfide) groups is 1. The molecule has 0 amide bonds. The van der Waals surface area contributed by atoms with E-state index in [0.717, 1.165) is 10.7 Å². The van der Waals surface area contributed by atoms with Crippen molar-refractivity contribution in [2.24, 2.45) is 7.05 Å². The van der Waals surface area contributed by atoms with Crippen LogP contribution in [0.2, 0.25) is 0 Å². The summed E-state index contributed by atoms with van der Waals surface area (Å²) >= 11 is 1.55. The molecule has 5 heteroatoms. The number of phenols is 1. The molecule has 0 atom stereocenters. The first-order valence-electron chi connectivity index (χ1n) is 4.45. The normalized spacial score (nSPS) is 10.5. The van der Waals surface area contributed by atoms with Crippen LogP contribution in [0.15, 0.2) is 29.4 Å². The third-order valence-corrected chi connectivity index (χ3v) is 2.75. The summed E-state index contributed by atoms with van der Waals surface area (Å²) in [5.74, 6) is 0.932. The van der Waals surface area contributed by atoms with E-state index < -0.39 is 0 Å². The van der Waals surface area contributed by atoms with Gasteiger partial charge < -0.3 is 5.11 Å². The fraction of sp³-hybridized carbons (Fsp3) is 0.200. The summed E-state index contributed by atoms with van der Waals surface area (Å²) in [6.07, 6.45) is 1.96. The Morgan fingerprint density at radius 1 is 1.27 bits per heavy atom. The molecule has 0 saturated carbocycles. The third-order valence-electron chi connectivity index (χ3n) is 2.03. The molecule has 1 aromatic heterocycles. The lowest BCUT2D eigenvalue weighted by Gasteiger charge is -1.94. The molecular formula is C10H11N3OS. The Morgan fingerprint density at radius 2 is 1.93 bits per heavy atom. The van der Waals surface area contributed by atoms with Crippen molar-refractivity contribution < 1.29 is 5.11 Å². The number of phenolic OH excluding ortho intramolecular Hbond substituents is 1. The Bertz CT molecular complexity index is 464. The lowest BCUT2D eigenvalue weighted by atomic mass is 10.2. The molecule has 0 fully saturated rings. The second-order valence-corrected chi connectivity index (χ2v) is 3.87. The summed E-state index contributed by atoms with van der Waals surface area (Å²) < 4.78 is 1.74. The second-order valence-electron chi connectivity index (χ2n) is 3.09. The van der Waals surface area contributed by atoms with E-state index >= 15 is 0 Å². The smallest absolute Gasteiger partial charge is 0.186 e. The molecule has 1 N–H and O–H groups in total. The molecule has 2 aromatic rings. The zero-order valence-corrected chi connectivity index (χ0v) is 9.32. The maximum atomic E-state index is 9.16. The molecule has 0 spiro atoms. The van der Waals surface area contributed by atoms with E-state index in [4.69, 9.17) is 5.11 Å². The molecule has 0 aliphatic carbocycles. The van der Waals surface area contributed by atoms with E-state index in [0.29, 0.717) is 5.82 Å². The molecule has 0 bridgehead atoms. The highest BCUT2D eigenvalue weighted by molar-refractivity contribution is 7.98. The van der Waals surface area contributed by atoms with Crippen LogP contribution in [0, 0.1) is 0 Å². The monoisotopic (exact) mass is 221 g/mol. The average Bonchev–Trinajstić information content (AvgIpc) is 2.61. The summed E-state index contributed by atoms with van der Waals surface area (Å²) in [6, 6.07) is 6.86. The molecule has 78 valence electrons. The largest absolute Gasteiger partial charge is 0.508 e. The molecule has 0 saturated heterocycles. The van der Waals surface area contributed by atoms with Gasteiger partial charge in [-0.1, -0.05) is 11.8 Å². The van der Waals surface area contributed by atoms with Gasteiger partial charge in [0.05, 0.1) is 0 Å². The van der Waals surface area contributed by atoms with Gasteiger partial charge in [-0.25, -0.2) is 9.67 Å². The van der Waals surface area contributed by atoms with Crippen molar-refractivity contribution in [3.05, 3.63) is 24.3 Å². The van der Waals surface area contributed by atoms with Crippen LogP contribution in [0.5, 0.6) is 5.75 Å². The highest BCUT2D eigenvalue weighted by atomic mass is 32.2. The van der Waals surface area contributed by atoms with Crippen LogP contribution in [-0.2, 0) is 7.05 Å². The summed E-state index contributed by atoms with van der Waals surface area (Å²) in [6.45, 7) is 0. The predicted molar refractivity (Wildman–Crippen MR) is 59.9 cm³/mol. The molecule has 2 rings (SSSR count). The van der Waals surface area contributed by atoms with Crippen molar-refractivity contribution in [3.8, 4) is 17.1 Å². The topological polar surface area (TPSA) is 50.9 Å². The van der Waals surface area contributed by atoms with Crippen LogP contribution in [0.4, 0.5) is 0 Å². The highest BCUT2D eigenvalue weighted by Crippen LogP contribution is 2.21. The Kier molecular flexibility index (Phi) is 2.64. The number of rotatable bonds is 2. The molecule has 1 heterocycles. The summed E-state index contributed by atoms with van der Waals surface area (Å²) in [4.78, 5) is 4.36. The second kappa shape index (κ2) is 3.94. The van der Waals surface area contributed by atoms with E-state index in [1.807, 2.05) is 13.3 Å². The minimum absolute atomic E-state index is 0.250. The van der Waals surface area contributed by atoms with Crippen LogP contribution >= 0.6 is 11.8 Å². The predicted octanol–water partition coefficient (Wildman–Crippen LogP) is 1.91. The molecule has 15 heavy (non-hydrogen) atoms. The molecule has 1 aromatic carbocycles. The van der Waals surface area contributed by atoms with Gasteiger partial charge in [0.15, 0.2) is 11.0 Å². The standard InChI is InChI=1S/C10H11N3OS/c1-13-10(15-2)11-9(12-13)7-3-5-8(14)6-4-7/h3-6,14H,1-2H3. The van der Waals surface area contributed by atoms with Gasteiger partial charge in [-0.15, -0.1) is 0 Å². The number of nitrogens with zero attached hydrogens (tertiary/aromatic N) is 3. The molecule has 0 radical (unpaired) electrons. The van der Waals surface area contributed by atoms with Crippen LogP contribution in [0.25, 0.3) is 11.4 Å². The van der Waals surface area contributed by atoms with Crippen LogP contribution < -0.4 is 0 Å². The van der Waals surface area contributed by atoms with Crippen molar-refractivity contribution >= 4 is 11.8 Å². The highest BCUT2D eigenvalue weighted by Gasteiger charge is 2.07. The Morgan fingerprint density at radius 3 is 2.47 bits per heavy atom. The fourth-order valence-corrected chi connectivity index (χ4v) is 1.76. The zero-order valence-electron chi connectivity index (χ0n) is 8.51. The van der Waals surface area contributed by atoms with Crippen molar-refractivity contribution in [1.29, 1.82) is 0 Å². The maximum Gasteiger partial charge on any atom is 0.186 e. The van der Waals surface area contributed by atoms with Gasteiger partial charge in [-0.3, -0.25) is 0 Å². The maximum absolute atomic E-state index is 9.16. The number of aromatic hydroxyl groups is 1. The number of aromatic nitrogens is 3. The average molecular weight is 221 g/mol. The fourth-order valence-electron chi connectivity index (χ4n) is 1.28.